The van der Waals surface area contributed by atoms with Gasteiger partial charge in [-0.2, -0.15) is 0 Å². The molecule has 0 unspecified atom stereocenters. The average molecular weight is 419 g/mol. The molecule has 29 heavy (non-hydrogen) atoms. The normalized spacial score (nSPS) is 32.3. The number of amides is 1. The lowest BCUT2D eigenvalue weighted by atomic mass is 9.52. The third kappa shape index (κ3) is 3.36. The van der Waals surface area contributed by atoms with Crippen molar-refractivity contribution < 1.29 is 22.7 Å². The number of benzene rings is 1. The molecule has 0 saturated heterocycles. The molecule has 1 aromatic carbocycles. The van der Waals surface area contributed by atoms with Crippen LogP contribution in [0.1, 0.15) is 37.7 Å². The molecule has 0 spiro atoms. The summed E-state index contributed by atoms with van der Waals surface area (Å²) in [5.74, 6) is 1.90. The van der Waals surface area contributed by atoms with Gasteiger partial charge in [0.15, 0.2) is 6.61 Å². The molecule has 1 amide bonds. The maximum Gasteiger partial charge on any atom is 0.310 e. The van der Waals surface area contributed by atoms with Gasteiger partial charge in [-0.25, -0.2) is 13.6 Å². The van der Waals surface area contributed by atoms with Crippen LogP contribution in [0, 0.1) is 29.6 Å². The van der Waals surface area contributed by atoms with E-state index >= 15 is 0 Å². The van der Waals surface area contributed by atoms with Crippen molar-refractivity contribution in [3.05, 3.63) is 23.8 Å². The van der Waals surface area contributed by atoms with Crippen LogP contribution in [0.5, 0.6) is 0 Å². The highest BCUT2D eigenvalue weighted by molar-refractivity contribution is 7.89. The van der Waals surface area contributed by atoms with E-state index in [1.165, 1.54) is 18.6 Å². The number of carbonyl (C=O) groups excluding carboxylic acids is 2. The molecule has 0 aromatic heterocycles. The molecule has 156 valence electrons. The molecule has 1 heterocycles. The van der Waals surface area contributed by atoms with Gasteiger partial charge in [0.1, 0.15) is 0 Å². The lowest BCUT2D eigenvalue weighted by molar-refractivity contribution is -0.164. The molecule has 0 radical (unpaired) electrons. The number of anilines is 1. The first-order chi connectivity index (χ1) is 13.8. The number of esters is 1. The molecule has 0 atom stereocenters. The maximum atomic E-state index is 12.8. The van der Waals surface area contributed by atoms with Gasteiger partial charge in [-0.05, 0) is 86.0 Å². The molecule has 4 aliphatic carbocycles. The summed E-state index contributed by atoms with van der Waals surface area (Å²) in [7, 11) is -3.78. The number of fused-ring (bicyclic) bond motifs is 1. The van der Waals surface area contributed by atoms with Crippen LogP contribution in [0.4, 0.5) is 5.69 Å². The number of sulfonamides is 1. The molecule has 4 bridgehead atoms. The molecule has 6 rings (SSSR count). The first-order valence-electron chi connectivity index (χ1n) is 10.4. The molecule has 1 aliphatic heterocycles. The third-order valence-electron chi connectivity index (χ3n) is 7.41. The van der Waals surface area contributed by atoms with Crippen molar-refractivity contribution >= 4 is 27.6 Å². The van der Waals surface area contributed by atoms with Crippen molar-refractivity contribution in [2.75, 3.05) is 18.1 Å². The fourth-order valence-corrected chi connectivity index (χ4v) is 7.00. The lowest BCUT2D eigenvalue weighted by Crippen LogP contribution is -2.48. The minimum absolute atomic E-state index is 0.0406. The van der Waals surface area contributed by atoms with Gasteiger partial charge in [0, 0.05) is 12.2 Å². The summed E-state index contributed by atoms with van der Waals surface area (Å²) in [5, 5.41) is 5.18. The molecule has 1 aromatic rings. The topological polar surface area (TPSA) is 107 Å². The summed E-state index contributed by atoms with van der Waals surface area (Å²) < 4.78 is 28.5. The van der Waals surface area contributed by atoms with Gasteiger partial charge in [0.25, 0.3) is 5.91 Å². The van der Waals surface area contributed by atoms with Crippen LogP contribution in [0.15, 0.2) is 23.1 Å². The standard InChI is InChI=1S/C21H26N2O5S/c22-29(26,27)17-1-2-18-14(10-17)3-4-23(18)19(24)11-28-21(25)20-15-6-12-5-13(8-15)9-16(20)7-12/h1-2,10,12-13,15-16,20H,3-9,11H2,(H2,22,26,27). The molecular formula is C21H26N2O5S. The van der Waals surface area contributed by atoms with Crippen LogP contribution in [-0.4, -0.2) is 33.4 Å². The van der Waals surface area contributed by atoms with Crippen LogP contribution in [0.2, 0.25) is 0 Å². The smallest absolute Gasteiger partial charge is 0.310 e. The Labute approximate surface area is 170 Å². The van der Waals surface area contributed by atoms with E-state index in [0.29, 0.717) is 30.5 Å². The van der Waals surface area contributed by atoms with Gasteiger partial charge >= 0.3 is 5.97 Å². The Morgan fingerprint density at radius 2 is 1.72 bits per heavy atom. The third-order valence-corrected chi connectivity index (χ3v) is 8.32. The largest absolute Gasteiger partial charge is 0.455 e. The van der Waals surface area contributed by atoms with Gasteiger partial charge in [-0.1, -0.05) is 0 Å². The molecule has 4 fully saturated rings. The number of rotatable bonds is 4. The quantitative estimate of drug-likeness (QED) is 0.751. The molecule has 5 aliphatic rings. The summed E-state index contributed by atoms with van der Waals surface area (Å²) in [5.41, 5.74) is 1.42. The average Bonchev–Trinajstić information content (AvgIpc) is 3.08. The Balaban J connectivity index is 1.23. The second kappa shape index (κ2) is 6.80. The van der Waals surface area contributed by atoms with E-state index in [9.17, 15) is 18.0 Å². The Hall–Kier alpha value is -1.93. The first kappa shape index (κ1) is 19.1. The van der Waals surface area contributed by atoms with E-state index in [1.807, 2.05) is 0 Å². The van der Waals surface area contributed by atoms with Gasteiger partial charge < -0.3 is 9.64 Å². The highest BCUT2D eigenvalue weighted by Crippen LogP contribution is 2.56. The van der Waals surface area contributed by atoms with E-state index in [0.717, 1.165) is 43.1 Å². The zero-order valence-corrected chi connectivity index (χ0v) is 17.1. The van der Waals surface area contributed by atoms with E-state index in [2.05, 4.69) is 0 Å². The van der Waals surface area contributed by atoms with Gasteiger partial charge in [-0.15, -0.1) is 0 Å². The SMILES string of the molecule is NS(=O)(=O)c1ccc2c(c1)CCN2C(=O)COC(=O)C1C2CC3CC(C2)CC1C3. The second-order valence-electron chi connectivity index (χ2n) is 9.20. The minimum Gasteiger partial charge on any atom is -0.455 e. The van der Waals surface area contributed by atoms with E-state index in [4.69, 9.17) is 9.88 Å². The zero-order valence-electron chi connectivity index (χ0n) is 16.2. The van der Waals surface area contributed by atoms with Crippen LogP contribution < -0.4 is 10.0 Å². The Kier molecular flexibility index (Phi) is 4.47. The number of hydrogen-bond donors (Lipinski definition) is 1. The molecule has 2 N–H and O–H groups in total. The monoisotopic (exact) mass is 418 g/mol. The highest BCUT2D eigenvalue weighted by atomic mass is 32.2. The Morgan fingerprint density at radius 3 is 2.34 bits per heavy atom. The van der Waals surface area contributed by atoms with Gasteiger partial charge in [0.2, 0.25) is 10.0 Å². The summed E-state index contributed by atoms with van der Waals surface area (Å²) >= 11 is 0. The molecule has 4 saturated carbocycles. The van der Waals surface area contributed by atoms with Gasteiger partial charge in [0.05, 0.1) is 10.8 Å². The van der Waals surface area contributed by atoms with Crippen LogP contribution in [-0.2, 0) is 30.8 Å². The number of primary sulfonamides is 1. The zero-order chi connectivity index (χ0) is 20.3. The maximum absolute atomic E-state index is 12.8. The van der Waals surface area contributed by atoms with Gasteiger partial charge in [-0.3, -0.25) is 9.59 Å². The minimum atomic E-state index is -3.78. The van der Waals surface area contributed by atoms with E-state index < -0.39 is 10.0 Å². The fraction of sp³-hybridized carbons (Fsp3) is 0.619. The van der Waals surface area contributed by atoms with Crippen molar-refractivity contribution in [1.82, 2.24) is 0 Å². The van der Waals surface area contributed by atoms with Crippen LogP contribution >= 0.6 is 0 Å². The first-order valence-corrected chi connectivity index (χ1v) is 12.0. The Morgan fingerprint density at radius 1 is 1.07 bits per heavy atom. The summed E-state index contributed by atoms with van der Waals surface area (Å²) in [6, 6.07) is 4.51. The number of nitrogens with two attached hydrogens (primary N) is 1. The second-order valence-corrected chi connectivity index (χ2v) is 10.8. The Bertz CT molecular complexity index is 945. The summed E-state index contributed by atoms with van der Waals surface area (Å²) in [4.78, 5) is 27.1. The highest BCUT2D eigenvalue weighted by Gasteiger charge is 2.51. The van der Waals surface area contributed by atoms with Crippen molar-refractivity contribution in [2.24, 2.45) is 34.7 Å². The molecule has 7 nitrogen and oxygen atoms in total. The van der Waals surface area contributed by atoms with Crippen molar-refractivity contribution in [3.63, 3.8) is 0 Å². The predicted octanol–water partition coefficient (Wildman–Crippen LogP) is 1.84. The summed E-state index contributed by atoms with van der Waals surface area (Å²) in [6.07, 6.45) is 6.40. The van der Waals surface area contributed by atoms with E-state index in [-0.39, 0.29) is 29.3 Å². The van der Waals surface area contributed by atoms with Crippen LogP contribution in [0.25, 0.3) is 0 Å². The fourth-order valence-electron chi connectivity index (χ4n) is 6.43. The van der Waals surface area contributed by atoms with Crippen molar-refractivity contribution in [2.45, 2.75) is 43.4 Å². The van der Waals surface area contributed by atoms with Crippen molar-refractivity contribution in [3.8, 4) is 0 Å². The lowest BCUT2D eigenvalue weighted by Gasteiger charge is -2.53. The van der Waals surface area contributed by atoms with Crippen LogP contribution in [0.3, 0.4) is 0 Å². The summed E-state index contributed by atoms with van der Waals surface area (Å²) in [6.45, 7) is 0.176. The predicted molar refractivity (Wildman–Crippen MR) is 105 cm³/mol. The number of nitrogens with zero attached hydrogens (tertiary/aromatic N) is 1. The number of carbonyl (C=O) groups is 2. The number of ether oxygens (including phenoxy) is 1. The molecular weight excluding hydrogens is 392 g/mol. The molecule has 8 heteroatoms. The van der Waals surface area contributed by atoms with Crippen molar-refractivity contribution in [1.29, 1.82) is 0 Å². The number of hydrogen-bond acceptors (Lipinski definition) is 5. The van der Waals surface area contributed by atoms with E-state index in [1.54, 1.807) is 11.0 Å².